The van der Waals surface area contributed by atoms with Crippen LogP contribution in [-0.2, 0) is 6.42 Å². The van der Waals surface area contributed by atoms with Gasteiger partial charge in [-0.1, -0.05) is 90.1 Å². The molecule has 0 N–H and O–H groups in total. The molecule has 1 aromatic heterocycles. The van der Waals surface area contributed by atoms with Gasteiger partial charge in [0.2, 0.25) is 0 Å². The second-order valence-corrected chi connectivity index (χ2v) is 8.54. The van der Waals surface area contributed by atoms with Gasteiger partial charge >= 0.3 is 6.18 Å². The number of fused-ring (bicyclic) bond motifs is 2. The highest BCUT2D eigenvalue weighted by atomic mass is 19.4. The Labute approximate surface area is 212 Å². The Morgan fingerprint density at radius 3 is 2.25 bits per heavy atom. The van der Waals surface area contributed by atoms with Crippen molar-refractivity contribution in [3.8, 4) is 17.1 Å². The number of nitrogens with zero attached hydrogens (tertiary/aromatic N) is 2. The lowest BCUT2D eigenvalue weighted by atomic mass is 9.83. The molecule has 1 heterocycles. The smallest absolute Gasteiger partial charge is 0.299 e. The van der Waals surface area contributed by atoms with Gasteiger partial charge in [0.25, 0.3) is 0 Å². The summed E-state index contributed by atoms with van der Waals surface area (Å²) in [5.74, 6) is 0.978. The zero-order valence-corrected chi connectivity index (χ0v) is 21.9. The Bertz CT molecular complexity index is 1340. The van der Waals surface area contributed by atoms with Crippen LogP contribution in [0.2, 0.25) is 0 Å². The Morgan fingerprint density at radius 2 is 1.56 bits per heavy atom. The van der Waals surface area contributed by atoms with Crippen LogP contribution in [0, 0.1) is 0 Å². The minimum Gasteiger partial charge on any atom is -0.299 e. The summed E-state index contributed by atoms with van der Waals surface area (Å²) >= 11 is 0. The molecule has 4 aromatic rings. The first kappa shape index (κ1) is 27.3. The summed E-state index contributed by atoms with van der Waals surface area (Å²) in [4.78, 5) is 4.71. The van der Waals surface area contributed by atoms with E-state index in [0.717, 1.165) is 39.0 Å². The highest BCUT2D eigenvalue weighted by molar-refractivity contribution is 5.91. The van der Waals surface area contributed by atoms with E-state index in [9.17, 15) is 13.2 Å². The van der Waals surface area contributed by atoms with Gasteiger partial charge in [-0.25, -0.2) is 4.98 Å². The molecule has 2 nitrogen and oxygen atoms in total. The van der Waals surface area contributed by atoms with E-state index in [0.29, 0.717) is 12.0 Å². The van der Waals surface area contributed by atoms with Crippen LogP contribution in [0.15, 0.2) is 72.6 Å². The third-order valence-electron chi connectivity index (χ3n) is 6.23. The fourth-order valence-electron chi connectivity index (χ4n) is 4.68. The van der Waals surface area contributed by atoms with E-state index < -0.39 is 11.7 Å². The van der Waals surface area contributed by atoms with E-state index in [2.05, 4.69) is 42.7 Å². The topological polar surface area (TPSA) is 17.8 Å². The van der Waals surface area contributed by atoms with E-state index in [1.807, 2.05) is 64.2 Å². The lowest BCUT2D eigenvalue weighted by molar-refractivity contribution is -0.0931. The molecular formula is C31H35F3N2. The van der Waals surface area contributed by atoms with E-state index in [1.165, 1.54) is 6.08 Å². The summed E-state index contributed by atoms with van der Waals surface area (Å²) < 4.78 is 42.2. The van der Waals surface area contributed by atoms with Crippen LogP contribution < -0.4 is 0 Å². The van der Waals surface area contributed by atoms with Crippen molar-refractivity contribution in [3.63, 3.8) is 0 Å². The van der Waals surface area contributed by atoms with Gasteiger partial charge in [-0.3, -0.25) is 4.57 Å². The number of rotatable bonds is 3. The van der Waals surface area contributed by atoms with Gasteiger partial charge < -0.3 is 0 Å². The summed E-state index contributed by atoms with van der Waals surface area (Å²) in [6.45, 7) is 12.2. The molecule has 0 saturated heterocycles. The van der Waals surface area contributed by atoms with E-state index >= 15 is 0 Å². The van der Waals surface area contributed by atoms with Crippen LogP contribution in [0.3, 0.4) is 0 Å². The van der Waals surface area contributed by atoms with Crippen LogP contribution in [-0.4, -0.2) is 15.7 Å². The number of benzene rings is 3. The molecule has 0 radical (unpaired) electrons. The van der Waals surface area contributed by atoms with Gasteiger partial charge in [-0.15, -0.1) is 0 Å². The average molecular weight is 493 g/mol. The van der Waals surface area contributed by atoms with Crippen LogP contribution in [0.5, 0.6) is 0 Å². The SMILES string of the molecule is CC.CC.CC(C)c1ccc2c(c1-c1nccn1-c1cccc3ccccc13)CCC(C(F)(F)F)=C2. The van der Waals surface area contributed by atoms with Crippen molar-refractivity contribution < 1.29 is 13.2 Å². The van der Waals surface area contributed by atoms with Crippen molar-refractivity contribution in [2.75, 3.05) is 0 Å². The molecule has 0 atom stereocenters. The minimum atomic E-state index is -4.30. The number of halogens is 3. The Morgan fingerprint density at radius 1 is 0.861 bits per heavy atom. The maximum atomic E-state index is 13.4. The van der Waals surface area contributed by atoms with Gasteiger partial charge in [0.1, 0.15) is 5.82 Å². The third-order valence-corrected chi connectivity index (χ3v) is 6.23. The first-order chi connectivity index (χ1) is 17.3. The number of alkyl halides is 3. The molecule has 1 aliphatic rings. The number of allylic oxidation sites excluding steroid dienone is 1. The van der Waals surface area contributed by atoms with E-state index in [1.54, 1.807) is 6.20 Å². The summed E-state index contributed by atoms with van der Waals surface area (Å²) in [6, 6.07) is 18.1. The monoisotopic (exact) mass is 492 g/mol. The molecule has 0 fully saturated rings. The molecule has 0 saturated carbocycles. The van der Waals surface area contributed by atoms with Gasteiger partial charge in [0.05, 0.1) is 5.69 Å². The van der Waals surface area contributed by atoms with Gasteiger partial charge in [-0.05, 0) is 53.0 Å². The number of hydrogen-bond donors (Lipinski definition) is 0. The highest BCUT2D eigenvalue weighted by Crippen LogP contribution is 2.42. The molecule has 1 aliphatic carbocycles. The Balaban J connectivity index is 0.000000861. The maximum absolute atomic E-state index is 13.4. The van der Waals surface area contributed by atoms with Crippen LogP contribution >= 0.6 is 0 Å². The number of hydrogen-bond acceptors (Lipinski definition) is 1. The molecule has 0 unspecified atom stereocenters. The first-order valence-electron chi connectivity index (χ1n) is 12.8. The molecule has 5 rings (SSSR count). The van der Waals surface area contributed by atoms with Crippen molar-refractivity contribution in [2.45, 2.75) is 66.5 Å². The van der Waals surface area contributed by atoms with Crippen LogP contribution in [0.25, 0.3) is 33.9 Å². The summed E-state index contributed by atoms with van der Waals surface area (Å²) in [7, 11) is 0. The fourth-order valence-corrected chi connectivity index (χ4v) is 4.68. The third kappa shape index (κ3) is 5.25. The molecule has 0 spiro atoms. The van der Waals surface area contributed by atoms with Gasteiger partial charge in [0.15, 0.2) is 0 Å². The minimum absolute atomic E-state index is 0.0139. The molecule has 190 valence electrons. The van der Waals surface area contributed by atoms with Crippen molar-refractivity contribution in [1.29, 1.82) is 0 Å². The average Bonchev–Trinajstić information content (AvgIpc) is 3.38. The van der Waals surface area contributed by atoms with Crippen molar-refractivity contribution >= 4 is 16.8 Å². The zero-order valence-electron chi connectivity index (χ0n) is 21.9. The zero-order chi connectivity index (χ0) is 26.5. The molecule has 0 bridgehead atoms. The summed E-state index contributed by atoms with van der Waals surface area (Å²) in [5.41, 5.74) is 4.16. The molecule has 3 aromatic carbocycles. The molecule has 0 amide bonds. The van der Waals surface area contributed by atoms with E-state index in [4.69, 9.17) is 4.98 Å². The van der Waals surface area contributed by atoms with E-state index in [-0.39, 0.29) is 12.3 Å². The predicted molar refractivity (Wildman–Crippen MR) is 146 cm³/mol. The normalized spacial score (nSPS) is 12.8. The Kier molecular flexibility index (Phi) is 8.78. The van der Waals surface area contributed by atoms with Crippen LogP contribution in [0.1, 0.15) is 70.6 Å². The summed E-state index contributed by atoms with van der Waals surface area (Å²) in [5, 5.41) is 2.23. The molecule has 5 heteroatoms. The molecule has 36 heavy (non-hydrogen) atoms. The predicted octanol–water partition coefficient (Wildman–Crippen LogP) is 9.76. The van der Waals surface area contributed by atoms with Crippen LogP contribution in [0.4, 0.5) is 13.2 Å². The summed E-state index contributed by atoms with van der Waals surface area (Å²) in [6.07, 6.45) is 1.04. The van der Waals surface area contributed by atoms with Gasteiger partial charge in [-0.2, -0.15) is 13.2 Å². The lowest BCUT2D eigenvalue weighted by Crippen LogP contribution is -2.16. The first-order valence-corrected chi connectivity index (χ1v) is 12.8. The molecule has 0 aliphatic heterocycles. The van der Waals surface area contributed by atoms with Gasteiger partial charge in [0, 0.05) is 28.9 Å². The number of aromatic nitrogens is 2. The quantitative estimate of drug-likeness (QED) is 0.278. The largest absolute Gasteiger partial charge is 0.412 e. The molecular weight excluding hydrogens is 457 g/mol. The highest BCUT2D eigenvalue weighted by Gasteiger charge is 2.35. The number of imidazole rings is 1. The standard InChI is InChI=1S/C27H23F3N2.2C2H6/c1-17(2)21-12-10-19-16-20(27(28,29)30)11-13-23(19)25(21)26-31-14-15-32(26)24-9-5-7-18-6-3-4-8-22(18)24;2*1-2/h3-10,12,14-17H,11,13H2,1-2H3;2*1-2H3. The fraction of sp³-hybridized carbons (Fsp3) is 0.323. The van der Waals surface area contributed by atoms with Crippen molar-refractivity contribution in [2.24, 2.45) is 0 Å². The van der Waals surface area contributed by atoms with Crippen molar-refractivity contribution in [1.82, 2.24) is 9.55 Å². The van der Waals surface area contributed by atoms with Crippen molar-refractivity contribution in [3.05, 3.63) is 89.3 Å². The lowest BCUT2D eigenvalue weighted by Gasteiger charge is -2.25. The maximum Gasteiger partial charge on any atom is 0.412 e. The second-order valence-electron chi connectivity index (χ2n) is 8.54. The second kappa shape index (κ2) is 11.6. The Hall–Kier alpha value is -3.34.